The van der Waals surface area contributed by atoms with Crippen LogP contribution in [0.4, 0.5) is 0 Å². The Morgan fingerprint density at radius 2 is 1.90 bits per heavy atom. The maximum absolute atomic E-state index is 12.0. The lowest BCUT2D eigenvalue weighted by atomic mass is 10.2. The first kappa shape index (κ1) is 12.2. The van der Waals surface area contributed by atoms with E-state index in [2.05, 4.69) is 15.5 Å². The zero-order valence-electron chi connectivity index (χ0n) is 10.8. The molecule has 0 fully saturated rings. The largest absolute Gasteiger partial charge is 0.346 e. The van der Waals surface area contributed by atoms with Gasteiger partial charge in [0.15, 0.2) is 0 Å². The van der Waals surface area contributed by atoms with Crippen LogP contribution in [0.25, 0.3) is 5.69 Å². The molecule has 0 saturated carbocycles. The fraction of sp³-hybridized carbons (Fsp3) is 0.0667. The summed E-state index contributed by atoms with van der Waals surface area (Å²) >= 11 is 0. The molecule has 0 aliphatic heterocycles. The number of H-pyrrole nitrogens is 1. The zero-order chi connectivity index (χ0) is 13.8. The van der Waals surface area contributed by atoms with Crippen molar-refractivity contribution in [2.45, 2.75) is 6.54 Å². The predicted octanol–water partition coefficient (Wildman–Crippen LogP) is 2.13. The second-order valence-corrected chi connectivity index (χ2v) is 4.40. The number of nitrogens with zero attached hydrogens (tertiary/aromatic N) is 2. The Bertz CT molecular complexity index is 669. The quantitative estimate of drug-likeness (QED) is 0.760. The van der Waals surface area contributed by atoms with Gasteiger partial charge in [-0.25, -0.2) is 0 Å². The normalized spacial score (nSPS) is 10.4. The Hall–Kier alpha value is -2.82. The Morgan fingerprint density at radius 1 is 1.15 bits per heavy atom. The molecule has 0 atom stereocenters. The van der Waals surface area contributed by atoms with Gasteiger partial charge in [-0.2, -0.15) is 5.10 Å². The van der Waals surface area contributed by atoms with Crippen LogP contribution in [-0.2, 0) is 6.54 Å². The van der Waals surface area contributed by atoms with Gasteiger partial charge < -0.3 is 9.88 Å². The maximum Gasteiger partial charge on any atom is 0.251 e. The first-order valence-corrected chi connectivity index (χ1v) is 6.33. The van der Waals surface area contributed by atoms with Crippen molar-refractivity contribution in [3.63, 3.8) is 0 Å². The van der Waals surface area contributed by atoms with Crippen LogP contribution >= 0.6 is 0 Å². The maximum atomic E-state index is 12.0. The van der Waals surface area contributed by atoms with E-state index in [4.69, 9.17) is 0 Å². The van der Waals surface area contributed by atoms with Crippen molar-refractivity contribution in [2.24, 2.45) is 0 Å². The van der Waals surface area contributed by atoms with Gasteiger partial charge in [-0.1, -0.05) is 0 Å². The van der Waals surface area contributed by atoms with Crippen LogP contribution in [0.1, 0.15) is 16.1 Å². The lowest BCUT2D eigenvalue weighted by Gasteiger charge is -2.06. The molecule has 2 N–H and O–H groups in total. The smallest absolute Gasteiger partial charge is 0.251 e. The Kier molecular flexibility index (Phi) is 3.33. The number of nitrogens with one attached hydrogen (secondary N) is 2. The molecule has 0 saturated heterocycles. The summed E-state index contributed by atoms with van der Waals surface area (Å²) in [5.74, 6) is -0.0985. The van der Waals surface area contributed by atoms with Crippen LogP contribution in [0.2, 0.25) is 0 Å². The van der Waals surface area contributed by atoms with E-state index >= 15 is 0 Å². The number of hydrogen-bond donors (Lipinski definition) is 2. The van der Waals surface area contributed by atoms with Crippen LogP contribution in [0.3, 0.4) is 0 Å². The summed E-state index contributed by atoms with van der Waals surface area (Å²) in [7, 11) is 0. The van der Waals surface area contributed by atoms with Crippen LogP contribution in [-0.4, -0.2) is 20.7 Å². The van der Waals surface area contributed by atoms with Gasteiger partial charge in [0, 0.05) is 29.8 Å². The number of rotatable bonds is 4. The van der Waals surface area contributed by atoms with Crippen LogP contribution in [0, 0.1) is 0 Å². The molecular formula is C15H14N4O. The molecule has 0 spiro atoms. The third-order valence-electron chi connectivity index (χ3n) is 3.03. The third-order valence-corrected chi connectivity index (χ3v) is 3.03. The Balaban J connectivity index is 1.66. The fourth-order valence-electron chi connectivity index (χ4n) is 1.95. The highest BCUT2D eigenvalue weighted by Crippen LogP contribution is 2.10. The molecule has 1 aromatic carbocycles. The molecule has 0 bridgehead atoms. The molecule has 0 radical (unpaired) electrons. The molecule has 20 heavy (non-hydrogen) atoms. The molecule has 0 aliphatic rings. The molecular weight excluding hydrogens is 252 g/mol. The fourth-order valence-corrected chi connectivity index (χ4v) is 1.95. The van der Waals surface area contributed by atoms with Crippen molar-refractivity contribution in [3.8, 4) is 5.69 Å². The summed E-state index contributed by atoms with van der Waals surface area (Å²) in [4.78, 5) is 12.0. The second-order valence-electron chi connectivity index (χ2n) is 4.40. The number of aromatic nitrogens is 3. The first-order valence-electron chi connectivity index (χ1n) is 6.33. The standard InChI is InChI=1S/C15H14N4O/c20-15(16-11-13-7-8-17-18-13)12-3-5-14(6-4-12)19-9-1-2-10-19/h1-10H,11H2,(H,16,20)(H,17,18). The highest BCUT2D eigenvalue weighted by atomic mass is 16.1. The summed E-state index contributed by atoms with van der Waals surface area (Å²) in [6.07, 6.45) is 5.59. The van der Waals surface area contributed by atoms with Crippen molar-refractivity contribution in [3.05, 3.63) is 72.3 Å². The number of carbonyl (C=O) groups is 1. The van der Waals surface area contributed by atoms with Gasteiger partial charge in [0.05, 0.1) is 12.2 Å². The van der Waals surface area contributed by atoms with Gasteiger partial charge in [-0.05, 0) is 42.5 Å². The van der Waals surface area contributed by atoms with E-state index in [1.54, 1.807) is 6.20 Å². The minimum Gasteiger partial charge on any atom is -0.346 e. The lowest BCUT2D eigenvalue weighted by Crippen LogP contribution is -2.22. The molecule has 0 unspecified atom stereocenters. The molecule has 2 aromatic heterocycles. The molecule has 2 heterocycles. The van der Waals surface area contributed by atoms with E-state index in [1.807, 2.05) is 59.4 Å². The molecule has 3 aromatic rings. The summed E-state index contributed by atoms with van der Waals surface area (Å²) in [5.41, 5.74) is 2.54. The number of hydrogen-bond acceptors (Lipinski definition) is 2. The van der Waals surface area contributed by atoms with E-state index in [9.17, 15) is 4.79 Å². The van der Waals surface area contributed by atoms with Gasteiger partial charge in [0.2, 0.25) is 0 Å². The van der Waals surface area contributed by atoms with Gasteiger partial charge in [0.25, 0.3) is 5.91 Å². The molecule has 0 aliphatic carbocycles. The minimum absolute atomic E-state index is 0.0985. The van der Waals surface area contributed by atoms with Crippen molar-refractivity contribution < 1.29 is 4.79 Å². The first-order chi connectivity index (χ1) is 9.83. The van der Waals surface area contributed by atoms with E-state index in [1.165, 1.54) is 0 Å². The van der Waals surface area contributed by atoms with Crippen LogP contribution < -0.4 is 5.32 Å². The van der Waals surface area contributed by atoms with Crippen molar-refractivity contribution in [1.29, 1.82) is 0 Å². The van der Waals surface area contributed by atoms with Crippen molar-refractivity contribution >= 4 is 5.91 Å². The Labute approximate surface area is 116 Å². The molecule has 1 amide bonds. The number of carbonyl (C=O) groups excluding carboxylic acids is 1. The molecule has 3 rings (SSSR count). The van der Waals surface area contributed by atoms with Crippen molar-refractivity contribution in [2.75, 3.05) is 0 Å². The lowest BCUT2D eigenvalue weighted by molar-refractivity contribution is 0.0950. The van der Waals surface area contributed by atoms with E-state index in [0.29, 0.717) is 12.1 Å². The van der Waals surface area contributed by atoms with Crippen LogP contribution in [0.15, 0.2) is 61.1 Å². The molecule has 100 valence electrons. The average Bonchev–Trinajstić information content (AvgIpc) is 3.18. The monoisotopic (exact) mass is 266 g/mol. The zero-order valence-corrected chi connectivity index (χ0v) is 10.8. The van der Waals surface area contributed by atoms with Gasteiger partial charge in [-0.3, -0.25) is 9.89 Å². The second kappa shape index (κ2) is 5.44. The van der Waals surface area contributed by atoms with E-state index in [0.717, 1.165) is 11.4 Å². The topological polar surface area (TPSA) is 62.7 Å². The summed E-state index contributed by atoms with van der Waals surface area (Å²) < 4.78 is 1.99. The van der Waals surface area contributed by atoms with Gasteiger partial charge >= 0.3 is 0 Å². The van der Waals surface area contributed by atoms with Crippen LogP contribution in [0.5, 0.6) is 0 Å². The SMILES string of the molecule is O=C(NCc1ccn[nH]1)c1ccc(-n2cccc2)cc1. The molecule has 5 heteroatoms. The van der Waals surface area contributed by atoms with E-state index in [-0.39, 0.29) is 5.91 Å². The summed E-state index contributed by atoms with van der Waals surface area (Å²) in [6.45, 7) is 0.443. The summed E-state index contributed by atoms with van der Waals surface area (Å²) in [5, 5.41) is 9.48. The minimum atomic E-state index is -0.0985. The van der Waals surface area contributed by atoms with Gasteiger partial charge in [0.1, 0.15) is 0 Å². The Morgan fingerprint density at radius 3 is 2.55 bits per heavy atom. The number of aromatic amines is 1. The number of amides is 1. The highest BCUT2D eigenvalue weighted by Gasteiger charge is 2.05. The van der Waals surface area contributed by atoms with Crippen molar-refractivity contribution in [1.82, 2.24) is 20.1 Å². The molecule has 5 nitrogen and oxygen atoms in total. The average molecular weight is 266 g/mol. The third kappa shape index (κ3) is 2.61. The van der Waals surface area contributed by atoms with E-state index < -0.39 is 0 Å². The summed E-state index contributed by atoms with van der Waals surface area (Å²) in [6, 6.07) is 13.2. The predicted molar refractivity (Wildman–Crippen MR) is 75.5 cm³/mol. The van der Waals surface area contributed by atoms with Gasteiger partial charge in [-0.15, -0.1) is 0 Å². The highest BCUT2D eigenvalue weighted by molar-refractivity contribution is 5.94. The number of benzene rings is 1.